The maximum atomic E-state index is 4.62. The first-order valence-corrected chi connectivity index (χ1v) is 7.70. The molecule has 1 N–H and O–H groups in total. The van der Waals surface area contributed by atoms with E-state index in [1.807, 2.05) is 6.20 Å². The number of hydrogen-bond acceptors (Lipinski definition) is 3. The van der Waals surface area contributed by atoms with Crippen LogP contribution in [0, 0.1) is 0 Å². The number of nitrogens with one attached hydrogen (secondary N) is 1. The van der Waals surface area contributed by atoms with Gasteiger partial charge in [0.25, 0.3) is 0 Å². The van der Waals surface area contributed by atoms with E-state index in [0.717, 1.165) is 30.7 Å². The van der Waals surface area contributed by atoms with Crippen molar-refractivity contribution in [2.45, 2.75) is 39.2 Å². The molecule has 1 aromatic rings. The van der Waals surface area contributed by atoms with Crippen molar-refractivity contribution in [1.29, 1.82) is 0 Å². The molecule has 0 aliphatic carbocycles. The maximum absolute atomic E-state index is 4.62. The molecule has 0 bridgehead atoms. The Bertz CT molecular complexity index is 375. The lowest BCUT2D eigenvalue weighted by atomic mass is 10.1. The number of piperidine rings is 1. The van der Waals surface area contributed by atoms with E-state index in [1.54, 1.807) is 0 Å². The van der Waals surface area contributed by atoms with Gasteiger partial charge in [-0.25, -0.2) is 4.98 Å². The Balaban J connectivity index is 2.11. The molecule has 4 heteroatoms. The maximum Gasteiger partial charge on any atom is 0.133 e. The minimum atomic E-state index is 0.909. The molecule has 0 amide bonds. The standard InChI is InChI=1S/C14H22BrN3/c1-2-6-16-10-12-9-13(15)11-17-14(12)18-7-4-3-5-8-18/h9,11,16H,2-8,10H2,1H3. The molecule has 0 aromatic carbocycles. The monoisotopic (exact) mass is 311 g/mol. The van der Waals surface area contributed by atoms with Crippen molar-refractivity contribution in [2.75, 3.05) is 24.5 Å². The first kappa shape index (κ1) is 13.8. The third-order valence-corrected chi connectivity index (χ3v) is 3.74. The molecule has 2 heterocycles. The van der Waals surface area contributed by atoms with E-state index < -0.39 is 0 Å². The largest absolute Gasteiger partial charge is 0.356 e. The van der Waals surface area contributed by atoms with Gasteiger partial charge in [-0.2, -0.15) is 0 Å². The molecule has 2 rings (SSSR count). The van der Waals surface area contributed by atoms with Crippen molar-refractivity contribution < 1.29 is 0 Å². The van der Waals surface area contributed by atoms with Crippen LogP contribution in [0.25, 0.3) is 0 Å². The normalized spacial score (nSPS) is 16.0. The second-order valence-electron chi connectivity index (χ2n) is 4.86. The molecule has 1 aliphatic heterocycles. The molecular weight excluding hydrogens is 290 g/mol. The number of anilines is 1. The van der Waals surface area contributed by atoms with Gasteiger partial charge in [0.1, 0.15) is 5.82 Å². The average Bonchev–Trinajstić information content (AvgIpc) is 2.40. The molecule has 18 heavy (non-hydrogen) atoms. The Labute approximate surface area is 118 Å². The fourth-order valence-corrected chi connectivity index (χ4v) is 2.77. The summed E-state index contributed by atoms with van der Waals surface area (Å²) >= 11 is 3.52. The SMILES string of the molecule is CCCNCc1cc(Br)cnc1N1CCCCC1. The third-order valence-electron chi connectivity index (χ3n) is 3.31. The van der Waals surface area contributed by atoms with E-state index in [2.05, 4.69) is 44.1 Å². The Hall–Kier alpha value is -0.610. The molecule has 1 fully saturated rings. The van der Waals surface area contributed by atoms with Crippen LogP contribution in [0.2, 0.25) is 0 Å². The summed E-state index contributed by atoms with van der Waals surface area (Å²) < 4.78 is 1.07. The van der Waals surface area contributed by atoms with Crippen LogP contribution in [0.15, 0.2) is 16.7 Å². The van der Waals surface area contributed by atoms with Crippen molar-refractivity contribution in [3.05, 3.63) is 22.3 Å². The lowest BCUT2D eigenvalue weighted by molar-refractivity contribution is 0.569. The van der Waals surface area contributed by atoms with Crippen molar-refractivity contribution in [2.24, 2.45) is 0 Å². The van der Waals surface area contributed by atoms with Gasteiger partial charge >= 0.3 is 0 Å². The topological polar surface area (TPSA) is 28.2 Å². The van der Waals surface area contributed by atoms with Crippen molar-refractivity contribution in [3.8, 4) is 0 Å². The van der Waals surface area contributed by atoms with Crippen molar-refractivity contribution in [1.82, 2.24) is 10.3 Å². The van der Waals surface area contributed by atoms with Crippen molar-refractivity contribution in [3.63, 3.8) is 0 Å². The minimum absolute atomic E-state index is 0.909. The lowest BCUT2D eigenvalue weighted by Crippen LogP contribution is -2.31. The number of rotatable bonds is 5. The second kappa shape index (κ2) is 7.10. The van der Waals surface area contributed by atoms with E-state index in [-0.39, 0.29) is 0 Å². The fraction of sp³-hybridized carbons (Fsp3) is 0.643. The summed E-state index contributed by atoms with van der Waals surface area (Å²) in [4.78, 5) is 7.05. The predicted octanol–water partition coefficient (Wildman–Crippen LogP) is 3.33. The van der Waals surface area contributed by atoms with Crippen LogP contribution in [0.3, 0.4) is 0 Å². The zero-order valence-electron chi connectivity index (χ0n) is 11.1. The van der Waals surface area contributed by atoms with Crippen LogP contribution in [0.1, 0.15) is 38.2 Å². The summed E-state index contributed by atoms with van der Waals surface area (Å²) in [5.41, 5.74) is 1.31. The molecule has 3 nitrogen and oxygen atoms in total. The Kier molecular flexibility index (Phi) is 5.45. The Morgan fingerprint density at radius 3 is 2.83 bits per heavy atom. The van der Waals surface area contributed by atoms with Gasteiger partial charge < -0.3 is 10.2 Å². The number of halogens is 1. The second-order valence-corrected chi connectivity index (χ2v) is 5.78. The zero-order chi connectivity index (χ0) is 12.8. The van der Waals surface area contributed by atoms with E-state index in [4.69, 9.17) is 0 Å². The summed E-state index contributed by atoms with van der Waals surface area (Å²) in [7, 11) is 0. The van der Waals surface area contributed by atoms with Gasteiger partial charge in [-0.05, 0) is 54.2 Å². The number of aromatic nitrogens is 1. The van der Waals surface area contributed by atoms with Gasteiger partial charge in [-0.3, -0.25) is 0 Å². The third kappa shape index (κ3) is 3.69. The number of pyridine rings is 1. The summed E-state index contributed by atoms with van der Waals surface area (Å²) in [5, 5.41) is 3.47. The van der Waals surface area contributed by atoms with Gasteiger partial charge in [0, 0.05) is 35.9 Å². The van der Waals surface area contributed by atoms with Crippen LogP contribution >= 0.6 is 15.9 Å². The summed E-state index contributed by atoms with van der Waals surface area (Å²) in [5.74, 6) is 1.17. The molecule has 0 atom stereocenters. The molecule has 0 radical (unpaired) electrons. The first-order chi connectivity index (χ1) is 8.81. The van der Waals surface area contributed by atoms with E-state index >= 15 is 0 Å². The molecule has 1 saturated heterocycles. The molecule has 0 spiro atoms. The molecule has 1 aromatic heterocycles. The molecule has 100 valence electrons. The van der Waals surface area contributed by atoms with Gasteiger partial charge in [0.2, 0.25) is 0 Å². The molecule has 0 saturated carbocycles. The predicted molar refractivity (Wildman–Crippen MR) is 80.0 cm³/mol. The van der Waals surface area contributed by atoms with Crippen LogP contribution in [0.5, 0.6) is 0 Å². The minimum Gasteiger partial charge on any atom is -0.356 e. The average molecular weight is 312 g/mol. The van der Waals surface area contributed by atoms with Gasteiger partial charge in [-0.1, -0.05) is 6.92 Å². The molecular formula is C14H22BrN3. The highest BCUT2D eigenvalue weighted by Gasteiger charge is 2.15. The highest BCUT2D eigenvalue weighted by atomic mass is 79.9. The van der Waals surface area contributed by atoms with Gasteiger partial charge in [0.15, 0.2) is 0 Å². The molecule has 0 unspecified atom stereocenters. The Morgan fingerprint density at radius 1 is 1.33 bits per heavy atom. The summed E-state index contributed by atoms with van der Waals surface area (Å²) in [6, 6.07) is 2.19. The summed E-state index contributed by atoms with van der Waals surface area (Å²) in [6.07, 6.45) is 7.02. The lowest BCUT2D eigenvalue weighted by Gasteiger charge is -2.29. The Morgan fingerprint density at radius 2 is 2.11 bits per heavy atom. The van der Waals surface area contributed by atoms with Crippen LogP contribution in [-0.4, -0.2) is 24.6 Å². The van der Waals surface area contributed by atoms with Gasteiger partial charge in [0.05, 0.1) is 0 Å². The first-order valence-electron chi connectivity index (χ1n) is 6.91. The summed E-state index contributed by atoms with van der Waals surface area (Å²) in [6.45, 7) is 6.46. The van der Waals surface area contributed by atoms with Crippen LogP contribution in [0.4, 0.5) is 5.82 Å². The smallest absolute Gasteiger partial charge is 0.133 e. The number of hydrogen-bond donors (Lipinski definition) is 1. The highest BCUT2D eigenvalue weighted by molar-refractivity contribution is 9.10. The van der Waals surface area contributed by atoms with E-state index in [9.17, 15) is 0 Å². The molecule has 1 aliphatic rings. The van der Waals surface area contributed by atoms with Crippen molar-refractivity contribution >= 4 is 21.7 Å². The zero-order valence-corrected chi connectivity index (χ0v) is 12.7. The quantitative estimate of drug-likeness (QED) is 0.845. The van der Waals surface area contributed by atoms with E-state index in [1.165, 1.54) is 37.1 Å². The highest BCUT2D eigenvalue weighted by Crippen LogP contribution is 2.24. The van der Waals surface area contributed by atoms with Crippen LogP contribution in [-0.2, 0) is 6.54 Å². The number of nitrogens with zero attached hydrogens (tertiary/aromatic N) is 2. The van der Waals surface area contributed by atoms with E-state index in [0.29, 0.717) is 0 Å². The fourth-order valence-electron chi connectivity index (χ4n) is 2.39. The van der Waals surface area contributed by atoms with Gasteiger partial charge in [-0.15, -0.1) is 0 Å². The van der Waals surface area contributed by atoms with Crippen LogP contribution < -0.4 is 10.2 Å².